The molecule has 0 atom stereocenters. The molecule has 2 aromatic rings. The third-order valence-electron chi connectivity index (χ3n) is 3.33. The highest BCUT2D eigenvalue weighted by atomic mass is 79.9. The fraction of sp³-hybridized carbons (Fsp3) is 0.214. The van der Waals surface area contributed by atoms with Crippen LogP contribution in [0.15, 0.2) is 33.9 Å². The van der Waals surface area contributed by atoms with E-state index in [0.29, 0.717) is 27.1 Å². The van der Waals surface area contributed by atoms with Crippen LogP contribution in [0.3, 0.4) is 0 Å². The lowest BCUT2D eigenvalue weighted by Gasteiger charge is -2.16. The predicted molar refractivity (Wildman–Crippen MR) is 87.8 cm³/mol. The van der Waals surface area contributed by atoms with E-state index in [2.05, 4.69) is 25.6 Å². The summed E-state index contributed by atoms with van der Waals surface area (Å²) in [5.74, 6) is 0. The molecule has 1 aromatic carbocycles. The lowest BCUT2D eigenvalue weighted by atomic mass is 10.1. The van der Waals surface area contributed by atoms with Crippen molar-refractivity contribution in [2.45, 2.75) is 25.7 Å². The van der Waals surface area contributed by atoms with Crippen molar-refractivity contribution in [2.24, 2.45) is 0 Å². The molecule has 0 amide bonds. The van der Waals surface area contributed by atoms with Gasteiger partial charge in [-0.1, -0.05) is 0 Å². The van der Waals surface area contributed by atoms with Crippen molar-refractivity contribution in [3.8, 4) is 0 Å². The second-order valence-corrected chi connectivity index (χ2v) is 7.27. The van der Waals surface area contributed by atoms with Crippen LogP contribution in [0.1, 0.15) is 16.7 Å². The van der Waals surface area contributed by atoms with Gasteiger partial charge in [-0.3, -0.25) is 4.72 Å². The van der Waals surface area contributed by atoms with E-state index in [1.54, 1.807) is 32.0 Å². The molecule has 21 heavy (non-hydrogen) atoms. The summed E-state index contributed by atoms with van der Waals surface area (Å²) in [7, 11) is -3.72. The van der Waals surface area contributed by atoms with Gasteiger partial charge < -0.3 is 5.73 Å². The Morgan fingerprint density at radius 2 is 1.86 bits per heavy atom. The number of aryl methyl sites for hydroxylation is 1. The first-order valence-corrected chi connectivity index (χ1v) is 8.50. The SMILES string of the molecule is Cc1cc(N)c(C)c(S(=O)(=O)Nc2ccc(Br)nc2)c1C. The van der Waals surface area contributed by atoms with E-state index in [1.165, 1.54) is 6.20 Å². The van der Waals surface area contributed by atoms with E-state index in [1.807, 2.05) is 6.92 Å². The number of nitrogens with one attached hydrogen (secondary N) is 1. The van der Waals surface area contributed by atoms with Crippen molar-refractivity contribution >= 4 is 37.3 Å². The maximum absolute atomic E-state index is 12.6. The molecule has 7 heteroatoms. The Morgan fingerprint density at radius 3 is 2.43 bits per heavy atom. The van der Waals surface area contributed by atoms with Crippen LogP contribution in [0.5, 0.6) is 0 Å². The Morgan fingerprint density at radius 1 is 1.19 bits per heavy atom. The number of hydrogen-bond acceptors (Lipinski definition) is 4. The normalized spacial score (nSPS) is 11.4. The van der Waals surface area contributed by atoms with Crippen LogP contribution in [-0.2, 0) is 10.0 Å². The largest absolute Gasteiger partial charge is 0.398 e. The number of sulfonamides is 1. The van der Waals surface area contributed by atoms with E-state index in [0.717, 1.165) is 5.56 Å². The third-order valence-corrected chi connectivity index (χ3v) is 5.45. The molecule has 0 aliphatic rings. The van der Waals surface area contributed by atoms with Gasteiger partial charge in [-0.2, -0.15) is 0 Å². The number of pyridine rings is 1. The van der Waals surface area contributed by atoms with Gasteiger partial charge in [-0.05, 0) is 71.6 Å². The smallest absolute Gasteiger partial charge is 0.262 e. The number of aromatic nitrogens is 1. The molecule has 0 aliphatic heterocycles. The first-order valence-electron chi connectivity index (χ1n) is 6.23. The Balaban J connectivity index is 2.52. The van der Waals surface area contributed by atoms with Gasteiger partial charge in [0.2, 0.25) is 0 Å². The summed E-state index contributed by atoms with van der Waals surface area (Å²) in [6.45, 7) is 5.32. The molecule has 0 spiro atoms. The highest BCUT2D eigenvalue weighted by Gasteiger charge is 2.22. The van der Waals surface area contributed by atoms with E-state index >= 15 is 0 Å². The zero-order chi connectivity index (χ0) is 15.8. The molecule has 0 saturated heterocycles. The molecule has 0 radical (unpaired) electrons. The number of benzene rings is 1. The molecular weight excluding hydrogens is 354 g/mol. The number of nitrogens with two attached hydrogens (primary N) is 1. The van der Waals surface area contributed by atoms with Crippen LogP contribution in [0.25, 0.3) is 0 Å². The topological polar surface area (TPSA) is 85.1 Å². The summed E-state index contributed by atoms with van der Waals surface area (Å²) in [6, 6.07) is 5.09. The first-order chi connectivity index (χ1) is 9.72. The fourth-order valence-corrected chi connectivity index (χ4v) is 3.94. The molecule has 0 fully saturated rings. The zero-order valence-electron chi connectivity index (χ0n) is 11.9. The van der Waals surface area contributed by atoms with Gasteiger partial charge in [0.25, 0.3) is 10.0 Å². The second-order valence-electron chi connectivity index (χ2n) is 4.84. The summed E-state index contributed by atoms with van der Waals surface area (Å²) < 4.78 is 28.4. The average molecular weight is 370 g/mol. The van der Waals surface area contributed by atoms with Crippen molar-refractivity contribution < 1.29 is 8.42 Å². The second kappa shape index (κ2) is 5.65. The molecule has 1 aromatic heterocycles. The minimum absolute atomic E-state index is 0.225. The standard InChI is InChI=1S/C14H16BrN3O2S/c1-8-6-12(16)10(3)14(9(8)2)21(19,20)18-11-4-5-13(15)17-7-11/h4-7,18H,16H2,1-3H3. The van der Waals surface area contributed by atoms with Gasteiger partial charge in [0.1, 0.15) is 4.60 Å². The Kier molecular flexibility index (Phi) is 4.25. The summed E-state index contributed by atoms with van der Waals surface area (Å²) in [4.78, 5) is 4.23. The maximum Gasteiger partial charge on any atom is 0.262 e. The molecular formula is C14H16BrN3O2S. The van der Waals surface area contributed by atoms with Crippen LogP contribution in [-0.4, -0.2) is 13.4 Å². The molecule has 0 saturated carbocycles. The van der Waals surface area contributed by atoms with Crippen molar-refractivity contribution in [3.05, 3.63) is 45.7 Å². The van der Waals surface area contributed by atoms with Gasteiger partial charge in [0.15, 0.2) is 0 Å². The maximum atomic E-state index is 12.6. The number of halogens is 1. The van der Waals surface area contributed by atoms with Crippen molar-refractivity contribution in [1.82, 2.24) is 4.98 Å². The number of nitrogen functional groups attached to an aromatic ring is 1. The summed E-state index contributed by atoms with van der Waals surface area (Å²) >= 11 is 3.21. The number of nitrogens with zero attached hydrogens (tertiary/aromatic N) is 1. The molecule has 3 N–H and O–H groups in total. The summed E-state index contributed by atoms with van der Waals surface area (Å²) in [5, 5.41) is 0. The average Bonchev–Trinajstić information content (AvgIpc) is 2.39. The number of hydrogen-bond donors (Lipinski definition) is 2. The Hall–Kier alpha value is -1.60. The third kappa shape index (κ3) is 3.19. The lowest BCUT2D eigenvalue weighted by molar-refractivity contribution is 0.600. The van der Waals surface area contributed by atoms with Crippen molar-refractivity contribution in [3.63, 3.8) is 0 Å². The lowest BCUT2D eigenvalue weighted by Crippen LogP contribution is -2.17. The molecule has 112 valence electrons. The van der Waals surface area contributed by atoms with Gasteiger partial charge in [-0.15, -0.1) is 0 Å². The highest BCUT2D eigenvalue weighted by Crippen LogP contribution is 2.29. The molecule has 2 rings (SSSR count). The van der Waals surface area contributed by atoms with Gasteiger partial charge in [-0.25, -0.2) is 13.4 Å². The van der Waals surface area contributed by atoms with Gasteiger partial charge in [0.05, 0.1) is 16.8 Å². The summed E-state index contributed by atoms with van der Waals surface area (Å²) in [5.41, 5.74) is 8.84. The highest BCUT2D eigenvalue weighted by molar-refractivity contribution is 9.10. The van der Waals surface area contributed by atoms with E-state index < -0.39 is 10.0 Å². The van der Waals surface area contributed by atoms with Crippen LogP contribution in [0.2, 0.25) is 0 Å². The van der Waals surface area contributed by atoms with Crippen molar-refractivity contribution in [1.29, 1.82) is 0 Å². The zero-order valence-corrected chi connectivity index (χ0v) is 14.3. The Labute approximate surface area is 132 Å². The van der Waals surface area contributed by atoms with Crippen LogP contribution < -0.4 is 10.5 Å². The van der Waals surface area contributed by atoms with E-state index in [4.69, 9.17) is 5.73 Å². The molecule has 0 bridgehead atoms. The Bertz CT molecular complexity index is 761. The minimum atomic E-state index is -3.72. The van der Waals surface area contributed by atoms with Gasteiger partial charge >= 0.3 is 0 Å². The first kappa shape index (κ1) is 15.8. The fourth-order valence-electron chi connectivity index (χ4n) is 2.09. The van der Waals surface area contributed by atoms with Gasteiger partial charge in [0, 0.05) is 5.69 Å². The van der Waals surface area contributed by atoms with Crippen LogP contribution in [0, 0.1) is 20.8 Å². The van der Waals surface area contributed by atoms with Crippen LogP contribution in [0.4, 0.5) is 11.4 Å². The monoisotopic (exact) mass is 369 g/mol. The molecule has 0 aliphatic carbocycles. The summed E-state index contributed by atoms with van der Waals surface area (Å²) in [6.07, 6.45) is 1.45. The van der Waals surface area contributed by atoms with E-state index in [-0.39, 0.29) is 4.90 Å². The number of rotatable bonds is 3. The minimum Gasteiger partial charge on any atom is -0.398 e. The van der Waals surface area contributed by atoms with Crippen molar-refractivity contribution in [2.75, 3.05) is 10.5 Å². The predicted octanol–water partition coefficient (Wildman–Crippen LogP) is 3.15. The molecule has 1 heterocycles. The van der Waals surface area contributed by atoms with Crippen LogP contribution >= 0.6 is 15.9 Å². The van der Waals surface area contributed by atoms with E-state index in [9.17, 15) is 8.42 Å². The number of anilines is 2. The molecule has 5 nitrogen and oxygen atoms in total. The molecule has 0 unspecified atom stereocenters. The quantitative estimate of drug-likeness (QED) is 0.642.